The molecule has 0 radical (unpaired) electrons. The number of nitriles is 1. The van der Waals surface area contributed by atoms with Gasteiger partial charge in [-0.25, -0.2) is 0 Å². The Hall–Kier alpha value is -1.37. The van der Waals surface area contributed by atoms with Crippen LogP contribution in [0, 0.1) is 17.2 Å². The van der Waals surface area contributed by atoms with Gasteiger partial charge in [-0.3, -0.25) is 0 Å². The van der Waals surface area contributed by atoms with Crippen LogP contribution in [0.3, 0.4) is 0 Å². The van der Waals surface area contributed by atoms with Crippen molar-refractivity contribution in [1.82, 2.24) is 5.32 Å². The van der Waals surface area contributed by atoms with E-state index >= 15 is 0 Å². The van der Waals surface area contributed by atoms with Gasteiger partial charge in [-0.2, -0.15) is 5.26 Å². The van der Waals surface area contributed by atoms with E-state index in [1.54, 1.807) is 12.1 Å². The standard InChI is InChI=1S/C16H24N2O/c1-13(2)5-3-4-10-18-12-16(19)15-8-6-14(11-17)7-9-15/h6-9,13,16,18-19H,3-5,10,12H2,1-2H3. The smallest absolute Gasteiger partial charge is 0.0991 e. The summed E-state index contributed by atoms with van der Waals surface area (Å²) in [5.74, 6) is 0.768. The van der Waals surface area contributed by atoms with Crippen LogP contribution in [-0.2, 0) is 0 Å². The van der Waals surface area contributed by atoms with E-state index in [-0.39, 0.29) is 0 Å². The molecular formula is C16H24N2O. The van der Waals surface area contributed by atoms with Crippen LogP contribution >= 0.6 is 0 Å². The molecule has 0 amide bonds. The maximum atomic E-state index is 9.98. The number of aliphatic hydroxyl groups is 1. The molecule has 1 aromatic carbocycles. The van der Waals surface area contributed by atoms with Gasteiger partial charge in [-0.1, -0.05) is 38.8 Å². The van der Waals surface area contributed by atoms with E-state index in [0.29, 0.717) is 12.1 Å². The van der Waals surface area contributed by atoms with Crippen molar-refractivity contribution in [3.63, 3.8) is 0 Å². The third kappa shape index (κ3) is 6.37. The van der Waals surface area contributed by atoms with E-state index in [0.717, 1.165) is 24.4 Å². The lowest BCUT2D eigenvalue weighted by Gasteiger charge is -2.12. The molecule has 0 aliphatic carbocycles. The molecule has 0 fully saturated rings. The van der Waals surface area contributed by atoms with E-state index in [1.165, 1.54) is 12.8 Å². The molecule has 2 N–H and O–H groups in total. The molecule has 1 unspecified atom stereocenters. The molecule has 3 heteroatoms. The van der Waals surface area contributed by atoms with Gasteiger partial charge in [-0.05, 0) is 36.6 Å². The van der Waals surface area contributed by atoms with Gasteiger partial charge in [0.15, 0.2) is 0 Å². The Bertz CT molecular complexity index is 392. The second kappa shape index (κ2) is 8.68. The number of unbranched alkanes of at least 4 members (excludes halogenated alkanes) is 1. The zero-order valence-electron chi connectivity index (χ0n) is 11.9. The normalized spacial score (nSPS) is 12.4. The van der Waals surface area contributed by atoms with Crippen LogP contribution in [0.4, 0.5) is 0 Å². The minimum atomic E-state index is -0.502. The Labute approximate surface area is 116 Å². The monoisotopic (exact) mass is 260 g/mol. The number of nitrogens with zero attached hydrogens (tertiary/aromatic N) is 1. The zero-order chi connectivity index (χ0) is 14.1. The van der Waals surface area contributed by atoms with Gasteiger partial charge in [-0.15, -0.1) is 0 Å². The number of aliphatic hydroxyl groups excluding tert-OH is 1. The van der Waals surface area contributed by atoms with Gasteiger partial charge < -0.3 is 10.4 Å². The van der Waals surface area contributed by atoms with Crippen LogP contribution in [0.15, 0.2) is 24.3 Å². The summed E-state index contributed by atoms with van der Waals surface area (Å²) in [6, 6.07) is 9.16. The summed E-state index contributed by atoms with van der Waals surface area (Å²) in [4.78, 5) is 0. The highest BCUT2D eigenvalue weighted by Crippen LogP contribution is 2.12. The number of benzene rings is 1. The summed E-state index contributed by atoms with van der Waals surface area (Å²) in [6.45, 7) is 5.98. The largest absolute Gasteiger partial charge is 0.387 e. The van der Waals surface area contributed by atoms with Crippen molar-refractivity contribution in [3.05, 3.63) is 35.4 Å². The minimum absolute atomic E-state index is 0.502. The van der Waals surface area contributed by atoms with Crippen LogP contribution in [0.1, 0.15) is 50.3 Å². The third-order valence-corrected chi connectivity index (χ3v) is 3.15. The van der Waals surface area contributed by atoms with Crippen molar-refractivity contribution in [2.24, 2.45) is 5.92 Å². The van der Waals surface area contributed by atoms with Crippen molar-refractivity contribution < 1.29 is 5.11 Å². The lowest BCUT2D eigenvalue weighted by Crippen LogP contribution is -2.22. The van der Waals surface area contributed by atoms with Crippen LogP contribution in [0.2, 0.25) is 0 Å². The zero-order valence-corrected chi connectivity index (χ0v) is 11.9. The first-order chi connectivity index (χ1) is 9.13. The van der Waals surface area contributed by atoms with Crippen LogP contribution < -0.4 is 5.32 Å². The van der Waals surface area contributed by atoms with E-state index in [4.69, 9.17) is 5.26 Å². The SMILES string of the molecule is CC(C)CCCCNCC(O)c1ccc(C#N)cc1. The number of hydrogen-bond acceptors (Lipinski definition) is 3. The average Bonchev–Trinajstić information content (AvgIpc) is 2.42. The molecule has 1 atom stereocenters. The van der Waals surface area contributed by atoms with E-state index in [9.17, 15) is 5.11 Å². The predicted octanol–water partition coefficient (Wildman–Crippen LogP) is 3.01. The molecule has 0 heterocycles. The molecule has 0 bridgehead atoms. The first-order valence-electron chi connectivity index (χ1n) is 7.02. The molecule has 104 valence electrons. The highest BCUT2D eigenvalue weighted by atomic mass is 16.3. The molecular weight excluding hydrogens is 236 g/mol. The second-order valence-corrected chi connectivity index (χ2v) is 5.34. The van der Waals surface area contributed by atoms with Crippen molar-refractivity contribution in [2.45, 2.75) is 39.2 Å². The Balaban J connectivity index is 2.20. The molecule has 0 aliphatic heterocycles. The lowest BCUT2D eigenvalue weighted by atomic mass is 10.1. The van der Waals surface area contributed by atoms with Gasteiger partial charge in [0, 0.05) is 6.54 Å². The van der Waals surface area contributed by atoms with Crippen molar-refractivity contribution in [2.75, 3.05) is 13.1 Å². The molecule has 19 heavy (non-hydrogen) atoms. The topological polar surface area (TPSA) is 56.0 Å². The Morgan fingerprint density at radius 1 is 1.21 bits per heavy atom. The van der Waals surface area contributed by atoms with Gasteiger partial charge in [0.2, 0.25) is 0 Å². The number of hydrogen-bond donors (Lipinski definition) is 2. The van der Waals surface area contributed by atoms with Gasteiger partial charge in [0.25, 0.3) is 0 Å². The van der Waals surface area contributed by atoms with Crippen molar-refractivity contribution in [3.8, 4) is 6.07 Å². The molecule has 0 spiro atoms. The summed E-state index contributed by atoms with van der Waals surface area (Å²) < 4.78 is 0. The van der Waals surface area contributed by atoms with Gasteiger partial charge >= 0.3 is 0 Å². The van der Waals surface area contributed by atoms with Crippen molar-refractivity contribution >= 4 is 0 Å². The highest BCUT2D eigenvalue weighted by Gasteiger charge is 2.06. The summed E-state index contributed by atoms with van der Waals surface area (Å²) in [6.07, 6.45) is 3.15. The molecule has 0 saturated heterocycles. The minimum Gasteiger partial charge on any atom is -0.387 e. The Morgan fingerprint density at radius 3 is 2.47 bits per heavy atom. The fourth-order valence-corrected chi connectivity index (χ4v) is 1.94. The third-order valence-electron chi connectivity index (χ3n) is 3.15. The fraction of sp³-hybridized carbons (Fsp3) is 0.562. The molecule has 1 rings (SSSR count). The Kier molecular flexibility index (Phi) is 7.17. The first kappa shape index (κ1) is 15.7. The Morgan fingerprint density at radius 2 is 1.89 bits per heavy atom. The number of rotatable bonds is 8. The van der Waals surface area contributed by atoms with Crippen LogP contribution in [0.5, 0.6) is 0 Å². The molecule has 0 saturated carbocycles. The summed E-state index contributed by atoms with van der Waals surface area (Å²) >= 11 is 0. The maximum Gasteiger partial charge on any atom is 0.0991 e. The number of nitrogens with one attached hydrogen (secondary N) is 1. The quantitative estimate of drug-likeness (QED) is 0.706. The summed E-state index contributed by atoms with van der Waals surface area (Å²) in [7, 11) is 0. The molecule has 0 aliphatic rings. The second-order valence-electron chi connectivity index (χ2n) is 5.34. The van der Waals surface area contributed by atoms with E-state index in [1.807, 2.05) is 12.1 Å². The average molecular weight is 260 g/mol. The maximum absolute atomic E-state index is 9.98. The summed E-state index contributed by atoms with van der Waals surface area (Å²) in [5.41, 5.74) is 1.48. The van der Waals surface area contributed by atoms with Crippen LogP contribution in [-0.4, -0.2) is 18.2 Å². The fourth-order valence-electron chi connectivity index (χ4n) is 1.94. The van der Waals surface area contributed by atoms with Crippen LogP contribution in [0.25, 0.3) is 0 Å². The van der Waals surface area contributed by atoms with E-state index < -0.39 is 6.10 Å². The van der Waals surface area contributed by atoms with Crippen molar-refractivity contribution in [1.29, 1.82) is 5.26 Å². The highest BCUT2D eigenvalue weighted by molar-refractivity contribution is 5.32. The molecule has 0 aromatic heterocycles. The van der Waals surface area contributed by atoms with E-state index in [2.05, 4.69) is 25.2 Å². The van der Waals surface area contributed by atoms with Gasteiger partial charge in [0.1, 0.15) is 0 Å². The lowest BCUT2D eigenvalue weighted by molar-refractivity contribution is 0.174. The van der Waals surface area contributed by atoms with Gasteiger partial charge in [0.05, 0.1) is 17.7 Å². The molecule has 1 aromatic rings. The predicted molar refractivity (Wildman–Crippen MR) is 77.7 cm³/mol. The first-order valence-corrected chi connectivity index (χ1v) is 7.02. The molecule has 3 nitrogen and oxygen atoms in total. The summed E-state index contributed by atoms with van der Waals surface area (Å²) in [5, 5.41) is 22.0.